The van der Waals surface area contributed by atoms with Crippen molar-refractivity contribution >= 4 is 5.69 Å². The number of hydrogen-bond acceptors (Lipinski definition) is 5. The lowest BCUT2D eigenvalue weighted by Crippen LogP contribution is -2.01. The molecule has 2 rings (SSSR count). The van der Waals surface area contributed by atoms with Crippen molar-refractivity contribution in [1.82, 2.24) is 0 Å². The molecule has 2 aromatic carbocycles. The van der Waals surface area contributed by atoms with E-state index < -0.39 is 4.92 Å². The fourth-order valence-electron chi connectivity index (χ4n) is 1.88. The molecule has 0 spiro atoms. The normalized spacial score (nSPS) is 10.2. The van der Waals surface area contributed by atoms with Crippen molar-refractivity contribution < 1.29 is 19.5 Å². The average Bonchev–Trinajstić information content (AvgIpc) is 2.52. The number of methoxy groups -OCH3 is 1. The molecule has 0 aliphatic carbocycles. The van der Waals surface area contributed by atoms with Gasteiger partial charge >= 0.3 is 0 Å². The summed E-state index contributed by atoms with van der Waals surface area (Å²) in [7, 11) is 1.52. The van der Waals surface area contributed by atoms with E-state index in [0.717, 1.165) is 5.56 Å². The van der Waals surface area contributed by atoms with E-state index in [4.69, 9.17) is 9.47 Å². The molecule has 0 unspecified atom stereocenters. The van der Waals surface area contributed by atoms with Crippen molar-refractivity contribution in [3.8, 4) is 11.5 Å². The van der Waals surface area contributed by atoms with E-state index in [0.29, 0.717) is 17.1 Å². The molecule has 0 saturated heterocycles. The molecule has 110 valence electrons. The number of nitro benzene ring substituents is 1. The van der Waals surface area contributed by atoms with Crippen LogP contribution in [-0.4, -0.2) is 17.1 Å². The summed E-state index contributed by atoms with van der Waals surface area (Å²) in [4.78, 5) is 10.1. The summed E-state index contributed by atoms with van der Waals surface area (Å²) >= 11 is 0. The fraction of sp³-hybridized carbons (Fsp3) is 0.200. The molecule has 0 fully saturated rings. The molecule has 0 radical (unpaired) electrons. The molecule has 0 heterocycles. The minimum absolute atomic E-state index is 0.0343. The summed E-state index contributed by atoms with van der Waals surface area (Å²) in [5.41, 5.74) is 1.44. The van der Waals surface area contributed by atoms with Crippen molar-refractivity contribution in [1.29, 1.82) is 0 Å². The standard InChI is InChI=1S/C15H15NO5/c1-20-14-4-2-3-12(9-17)15(14)21-10-11-5-7-13(8-6-11)16(18)19/h2-8,17H,9-10H2,1H3. The summed E-state index contributed by atoms with van der Waals surface area (Å²) in [5, 5.41) is 19.9. The van der Waals surface area contributed by atoms with E-state index in [2.05, 4.69) is 0 Å². The molecule has 0 atom stereocenters. The summed E-state index contributed by atoms with van der Waals surface area (Å²) in [5.74, 6) is 1.00. The number of rotatable bonds is 6. The molecule has 21 heavy (non-hydrogen) atoms. The monoisotopic (exact) mass is 289 g/mol. The Bertz CT molecular complexity index is 602. The van der Waals surface area contributed by atoms with Gasteiger partial charge in [-0.25, -0.2) is 0 Å². The van der Waals surface area contributed by atoms with Crippen LogP contribution in [0.25, 0.3) is 0 Å². The van der Waals surface area contributed by atoms with Crippen molar-refractivity contribution in [3.05, 3.63) is 63.7 Å². The van der Waals surface area contributed by atoms with Crippen molar-refractivity contribution in [3.63, 3.8) is 0 Å². The second-order valence-electron chi connectivity index (χ2n) is 4.32. The van der Waals surface area contributed by atoms with Crippen molar-refractivity contribution in [2.75, 3.05) is 7.11 Å². The van der Waals surface area contributed by atoms with Gasteiger partial charge in [-0.3, -0.25) is 10.1 Å². The third-order valence-corrected chi connectivity index (χ3v) is 2.98. The van der Waals surface area contributed by atoms with Gasteiger partial charge in [0, 0.05) is 17.7 Å². The van der Waals surface area contributed by atoms with E-state index in [1.807, 2.05) is 0 Å². The van der Waals surface area contributed by atoms with Gasteiger partial charge < -0.3 is 14.6 Å². The number of benzene rings is 2. The molecule has 6 heteroatoms. The molecule has 0 aliphatic heterocycles. The fourth-order valence-corrected chi connectivity index (χ4v) is 1.88. The number of para-hydroxylation sites is 1. The Balaban J connectivity index is 2.14. The van der Waals surface area contributed by atoms with Gasteiger partial charge in [0.1, 0.15) is 6.61 Å². The maximum absolute atomic E-state index is 10.6. The summed E-state index contributed by atoms with van der Waals surface area (Å²) in [6.45, 7) is 0.0676. The molecular weight excluding hydrogens is 274 g/mol. The maximum atomic E-state index is 10.6. The smallest absolute Gasteiger partial charge is 0.269 e. The number of nitrogens with zero attached hydrogens (tertiary/aromatic N) is 1. The van der Waals surface area contributed by atoms with E-state index in [1.54, 1.807) is 30.3 Å². The number of non-ortho nitro benzene ring substituents is 1. The summed E-state index contributed by atoms with van der Waals surface area (Å²) < 4.78 is 10.9. The van der Waals surface area contributed by atoms with Gasteiger partial charge in [-0.2, -0.15) is 0 Å². The van der Waals surface area contributed by atoms with Gasteiger partial charge in [-0.15, -0.1) is 0 Å². The summed E-state index contributed by atoms with van der Waals surface area (Å²) in [6, 6.07) is 11.4. The zero-order valence-corrected chi connectivity index (χ0v) is 11.5. The topological polar surface area (TPSA) is 81.8 Å². The molecule has 6 nitrogen and oxygen atoms in total. The molecule has 0 amide bonds. The number of aliphatic hydroxyl groups excluding tert-OH is 1. The Morgan fingerprint density at radius 1 is 1.19 bits per heavy atom. The number of ether oxygens (including phenoxy) is 2. The van der Waals surface area contributed by atoms with Crippen LogP contribution in [0.3, 0.4) is 0 Å². The Morgan fingerprint density at radius 2 is 1.90 bits per heavy atom. The van der Waals surface area contributed by atoms with Crippen LogP contribution in [-0.2, 0) is 13.2 Å². The Morgan fingerprint density at radius 3 is 2.48 bits per heavy atom. The minimum atomic E-state index is -0.450. The zero-order chi connectivity index (χ0) is 15.2. The van der Waals surface area contributed by atoms with Crippen LogP contribution in [0, 0.1) is 10.1 Å². The number of hydrogen-bond donors (Lipinski definition) is 1. The Labute approximate surface area is 121 Å². The highest BCUT2D eigenvalue weighted by Crippen LogP contribution is 2.31. The van der Waals surface area contributed by atoms with E-state index >= 15 is 0 Å². The van der Waals surface area contributed by atoms with Gasteiger partial charge in [0.15, 0.2) is 11.5 Å². The number of nitro groups is 1. The number of aliphatic hydroxyl groups is 1. The lowest BCUT2D eigenvalue weighted by atomic mass is 10.2. The van der Waals surface area contributed by atoms with E-state index in [9.17, 15) is 15.2 Å². The van der Waals surface area contributed by atoms with Gasteiger partial charge in [0.05, 0.1) is 18.6 Å². The van der Waals surface area contributed by atoms with Crippen LogP contribution < -0.4 is 9.47 Å². The van der Waals surface area contributed by atoms with Crippen LogP contribution >= 0.6 is 0 Å². The first-order chi connectivity index (χ1) is 10.2. The maximum Gasteiger partial charge on any atom is 0.269 e. The summed E-state index contributed by atoms with van der Waals surface area (Å²) in [6.07, 6.45) is 0. The first-order valence-corrected chi connectivity index (χ1v) is 6.28. The minimum Gasteiger partial charge on any atom is -0.493 e. The zero-order valence-electron chi connectivity index (χ0n) is 11.5. The Kier molecular flexibility index (Phi) is 4.73. The lowest BCUT2D eigenvalue weighted by molar-refractivity contribution is -0.384. The lowest BCUT2D eigenvalue weighted by Gasteiger charge is -2.13. The predicted octanol–water partition coefficient (Wildman–Crippen LogP) is 2.67. The van der Waals surface area contributed by atoms with Gasteiger partial charge in [0.2, 0.25) is 0 Å². The molecule has 0 bridgehead atoms. The highest BCUT2D eigenvalue weighted by atomic mass is 16.6. The quantitative estimate of drug-likeness (QED) is 0.653. The SMILES string of the molecule is COc1cccc(CO)c1OCc1ccc([N+](=O)[O-])cc1. The predicted molar refractivity (Wildman–Crippen MR) is 76.3 cm³/mol. The molecule has 1 N–H and O–H groups in total. The second-order valence-corrected chi connectivity index (χ2v) is 4.32. The molecule has 2 aromatic rings. The molecule has 0 aromatic heterocycles. The molecule has 0 aliphatic rings. The first-order valence-electron chi connectivity index (χ1n) is 6.28. The third-order valence-electron chi connectivity index (χ3n) is 2.98. The van der Waals surface area contributed by atoms with E-state index in [-0.39, 0.29) is 18.9 Å². The average molecular weight is 289 g/mol. The first kappa shape index (κ1) is 14.8. The third kappa shape index (κ3) is 3.49. The largest absolute Gasteiger partial charge is 0.493 e. The van der Waals surface area contributed by atoms with Crippen LogP contribution in [0.2, 0.25) is 0 Å². The van der Waals surface area contributed by atoms with Gasteiger partial charge in [-0.05, 0) is 23.8 Å². The highest BCUT2D eigenvalue weighted by molar-refractivity contribution is 5.46. The van der Waals surface area contributed by atoms with Crippen molar-refractivity contribution in [2.45, 2.75) is 13.2 Å². The van der Waals surface area contributed by atoms with Crippen LogP contribution in [0.5, 0.6) is 11.5 Å². The van der Waals surface area contributed by atoms with Crippen molar-refractivity contribution in [2.24, 2.45) is 0 Å². The van der Waals surface area contributed by atoms with Crippen LogP contribution in [0.4, 0.5) is 5.69 Å². The van der Waals surface area contributed by atoms with Gasteiger partial charge in [-0.1, -0.05) is 12.1 Å². The van der Waals surface area contributed by atoms with E-state index in [1.165, 1.54) is 19.2 Å². The van der Waals surface area contributed by atoms with Gasteiger partial charge in [0.25, 0.3) is 5.69 Å². The highest BCUT2D eigenvalue weighted by Gasteiger charge is 2.10. The Hall–Kier alpha value is -2.60. The molecule has 0 saturated carbocycles. The molecular formula is C15H15NO5. The van der Waals surface area contributed by atoms with Crippen LogP contribution in [0.15, 0.2) is 42.5 Å². The second kappa shape index (κ2) is 6.71. The van der Waals surface area contributed by atoms with Crippen LogP contribution in [0.1, 0.15) is 11.1 Å².